The molecular weight excluding hydrogens is 498 g/mol. The van der Waals surface area contributed by atoms with Gasteiger partial charge in [0.1, 0.15) is 11.5 Å². The van der Waals surface area contributed by atoms with E-state index >= 15 is 0 Å². The van der Waals surface area contributed by atoms with Gasteiger partial charge in [-0.1, -0.05) is 0 Å². The molecule has 0 aliphatic heterocycles. The van der Waals surface area contributed by atoms with E-state index in [9.17, 15) is 8.42 Å². The smallest absolute Gasteiger partial charge is 0.316 e. The number of nitrogens with zero attached hydrogens (tertiary/aromatic N) is 5. The van der Waals surface area contributed by atoms with Crippen molar-refractivity contribution in [3.8, 4) is 28.8 Å². The molecule has 0 saturated heterocycles. The molecule has 0 N–H and O–H groups in total. The molecule has 12 heteroatoms. The van der Waals surface area contributed by atoms with E-state index in [2.05, 4.69) is 15.0 Å². The van der Waals surface area contributed by atoms with E-state index in [1.807, 2.05) is 35.2 Å². The number of ether oxygens (including phenoxy) is 3. The molecule has 0 spiro atoms. The Bertz CT molecular complexity index is 1460. The van der Waals surface area contributed by atoms with Crippen LogP contribution < -0.4 is 19.1 Å². The average molecular weight is 526 g/mol. The molecule has 2 aromatic heterocycles. The number of aromatic nitrogens is 4. The monoisotopic (exact) mass is 525 g/mol. The van der Waals surface area contributed by atoms with Gasteiger partial charge in [-0.15, -0.1) is 0 Å². The van der Waals surface area contributed by atoms with E-state index in [0.29, 0.717) is 46.8 Å². The summed E-state index contributed by atoms with van der Waals surface area (Å²) in [5.41, 5.74) is 4.31. The fourth-order valence-corrected chi connectivity index (χ4v) is 4.07. The van der Waals surface area contributed by atoms with Gasteiger partial charge in [-0.2, -0.15) is 8.42 Å². The molecule has 0 atom stereocenters. The maximum Gasteiger partial charge on any atom is 0.316 e. The number of anilines is 2. The highest BCUT2D eigenvalue weighted by Crippen LogP contribution is 2.34. The number of methoxy groups -OCH3 is 3. The molecule has 0 fully saturated rings. The summed E-state index contributed by atoms with van der Waals surface area (Å²) in [4.78, 5) is 19.6. The minimum atomic E-state index is -3.53. The Hall–Kier alpha value is -4.03. The first kappa shape index (κ1) is 26.0. The zero-order valence-electron chi connectivity index (χ0n) is 20.9. The van der Waals surface area contributed by atoms with Crippen LogP contribution in [-0.2, 0) is 14.3 Å². The molecule has 2 heterocycles. The highest BCUT2D eigenvalue weighted by molar-refractivity contribution is 7.85. The molecule has 2 aromatic carbocycles. The number of hydrogen-bond acceptors (Lipinski definition) is 11. The van der Waals surface area contributed by atoms with Crippen LogP contribution >= 0.6 is 0 Å². The predicted octanol–water partition coefficient (Wildman–Crippen LogP) is 3.62. The minimum absolute atomic E-state index is 0.0471. The van der Waals surface area contributed by atoms with Crippen LogP contribution in [0, 0.1) is 0 Å². The normalized spacial score (nSPS) is 11.4. The van der Waals surface area contributed by atoms with Crippen molar-refractivity contribution >= 4 is 32.5 Å². The van der Waals surface area contributed by atoms with E-state index < -0.39 is 10.1 Å². The van der Waals surface area contributed by atoms with Crippen LogP contribution in [0.3, 0.4) is 0 Å². The first-order chi connectivity index (χ1) is 17.8. The maximum absolute atomic E-state index is 11.4. The Labute approximate surface area is 215 Å². The Balaban J connectivity index is 1.72. The third-order valence-corrected chi connectivity index (χ3v) is 6.01. The summed E-state index contributed by atoms with van der Waals surface area (Å²) in [6.07, 6.45) is 6.40. The van der Waals surface area contributed by atoms with E-state index in [4.69, 9.17) is 23.4 Å². The van der Waals surface area contributed by atoms with Gasteiger partial charge < -0.3 is 19.1 Å². The number of fused-ring (bicyclic) bond motifs is 1. The number of benzene rings is 2. The summed E-state index contributed by atoms with van der Waals surface area (Å²) >= 11 is 0. The van der Waals surface area contributed by atoms with Gasteiger partial charge in [0.15, 0.2) is 0 Å². The Kier molecular flexibility index (Phi) is 7.99. The Morgan fingerprint density at radius 3 is 2.14 bits per heavy atom. The van der Waals surface area contributed by atoms with E-state index in [1.54, 1.807) is 38.9 Å². The van der Waals surface area contributed by atoms with Crippen molar-refractivity contribution in [2.45, 2.75) is 6.42 Å². The molecule has 0 radical (unpaired) electrons. The maximum atomic E-state index is 11.4. The van der Waals surface area contributed by atoms with Crippen molar-refractivity contribution in [1.29, 1.82) is 0 Å². The summed E-state index contributed by atoms with van der Waals surface area (Å²) in [6.45, 7) is 0.502. The second-order valence-corrected chi connectivity index (χ2v) is 9.63. The SMILES string of the molecule is COc1cc(OC)cc(N(CCCOS(C)(=O)=O)c2ccc3ncc(-c4cnc(OC)nc4)nc3c2)c1. The summed E-state index contributed by atoms with van der Waals surface area (Å²) in [7, 11) is 1.14. The highest BCUT2D eigenvalue weighted by atomic mass is 32.2. The highest BCUT2D eigenvalue weighted by Gasteiger charge is 2.15. The standard InChI is InChI=1S/C25H27N5O6S/c1-33-20-10-19(11-21(13-20)34-2)30(8-5-9-36-37(4,31)32)18-6-7-22-23(12-18)29-24(16-26-22)17-14-27-25(35-3)28-15-17/h6-7,10-16H,5,8-9H2,1-4H3. The largest absolute Gasteiger partial charge is 0.497 e. The molecule has 0 aliphatic rings. The first-order valence-electron chi connectivity index (χ1n) is 11.3. The minimum Gasteiger partial charge on any atom is -0.497 e. The van der Waals surface area contributed by atoms with Crippen LogP contribution in [-0.4, -0.2) is 69.1 Å². The number of rotatable bonds is 11. The molecule has 0 amide bonds. The molecule has 11 nitrogen and oxygen atoms in total. The van der Waals surface area contributed by atoms with Crippen LogP contribution in [0.15, 0.2) is 55.0 Å². The zero-order valence-corrected chi connectivity index (χ0v) is 21.7. The quantitative estimate of drug-likeness (QED) is 0.210. The van der Waals surface area contributed by atoms with Crippen molar-refractivity contribution < 1.29 is 26.8 Å². The molecular formula is C25H27N5O6S. The van der Waals surface area contributed by atoms with Gasteiger partial charge in [-0.3, -0.25) is 9.17 Å². The van der Waals surface area contributed by atoms with E-state index in [-0.39, 0.29) is 12.6 Å². The predicted molar refractivity (Wildman–Crippen MR) is 139 cm³/mol. The molecule has 194 valence electrons. The van der Waals surface area contributed by atoms with Crippen LogP contribution in [0.25, 0.3) is 22.3 Å². The van der Waals surface area contributed by atoms with Crippen LogP contribution in [0.4, 0.5) is 11.4 Å². The van der Waals surface area contributed by atoms with Crippen molar-refractivity contribution in [3.05, 3.63) is 55.0 Å². The fourth-order valence-electron chi connectivity index (χ4n) is 3.65. The van der Waals surface area contributed by atoms with Crippen LogP contribution in [0.1, 0.15) is 6.42 Å². The van der Waals surface area contributed by atoms with Gasteiger partial charge in [-0.25, -0.2) is 15.0 Å². The summed E-state index contributed by atoms with van der Waals surface area (Å²) in [5.74, 6) is 1.24. The van der Waals surface area contributed by atoms with Gasteiger partial charge in [0.25, 0.3) is 10.1 Å². The second-order valence-electron chi connectivity index (χ2n) is 7.99. The summed E-state index contributed by atoms with van der Waals surface area (Å²) < 4.78 is 43.7. The fraction of sp³-hybridized carbons (Fsp3) is 0.280. The molecule has 37 heavy (non-hydrogen) atoms. The van der Waals surface area contributed by atoms with Gasteiger partial charge >= 0.3 is 6.01 Å². The van der Waals surface area contributed by atoms with Gasteiger partial charge in [-0.05, 0) is 24.6 Å². The average Bonchev–Trinajstić information content (AvgIpc) is 2.91. The zero-order chi connectivity index (χ0) is 26.4. The topological polar surface area (TPSA) is 126 Å². The van der Waals surface area contributed by atoms with E-state index in [0.717, 1.165) is 17.6 Å². The lowest BCUT2D eigenvalue weighted by molar-refractivity contribution is 0.318. The van der Waals surface area contributed by atoms with Crippen LogP contribution in [0.2, 0.25) is 0 Å². The van der Waals surface area contributed by atoms with Crippen molar-refractivity contribution in [2.75, 3.05) is 45.6 Å². The van der Waals surface area contributed by atoms with Crippen molar-refractivity contribution in [3.63, 3.8) is 0 Å². The lowest BCUT2D eigenvalue weighted by Gasteiger charge is -2.26. The Morgan fingerprint density at radius 2 is 1.51 bits per heavy atom. The summed E-state index contributed by atoms with van der Waals surface area (Å²) in [6, 6.07) is 11.5. The lowest BCUT2D eigenvalue weighted by atomic mass is 10.1. The molecule has 4 rings (SSSR count). The van der Waals surface area contributed by atoms with Gasteiger partial charge in [0.2, 0.25) is 0 Å². The molecule has 0 saturated carbocycles. The Morgan fingerprint density at radius 1 is 0.811 bits per heavy atom. The molecule has 0 unspecified atom stereocenters. The summed E-state index contributed by atoms with van der Waals surface area (Å²) in [5, 5.41) is 0. The molecule has 0 aliphatic carbocycles. The van der Waals surface area contributed by atoms with Crippen molar-refractivity contribution in [1.82, 2.24) is 19.9 Å². The number of hydrogen-bond donors (Lipinski definition) is 0. The van der Waals surface area contributed by atoms with Crippen LogP contribution in [0.5, 0.6) is 17.5 Å². The van der Waals surface area contributed by atoms with Gasteiger partial charge in [0.05, 0.1) is 57.1 Å². The third-order valence-electron chi connectivity index (χ3n) is 5.42. The molecule has 4 aromatic rings. The first-order valence-corrected chi connectivity index (χ1v) is 13.1. The van der Waals surface area contributed by atoms with Gasteiger partial charge in [0, 0.05) is 54.1 Å². The lowest BCUT2D eigenvalue weighted by Crippen LogP contribution is -2.20. The van der Waals surface area contributed by atoms with Crippen molar-refractivity contribution in [2.24, 2.45) is 0 Å². The van der Waals surface area contributed by atoms with E-state index in [1.165, 1.54) is 7.11 Å². The second kappa shape index (κ2) is 11.4. The third kappa shape index (κ3) is 6.60. The molecule has 0 bridgehead atoms.